The van der Waals surface area contributed by atoms with Crippen LogP contribution in [-0.4, -0.2) is 17.0 Å². The quantitative estimate of drug-likeness (QED) is 0.783. The van der Waals surface area contributed by atoms with E-state index in [4.69, 9.17) is 4.74 Å². The highest BCUT2D eigenvalue weighted by Gasteiger charge is 2.07. The van der Waals surface area contributed by atoms with Crippen LogP contribution < -0.4 is 10.1 Å². The highest BCUT2D eigenvalue weighted by molar-refractivity contribution is 5.70. The lowest BCUT2D eigenvalue weighted by atomic mass is 10.1. The molecule has 0 aliphatic rings. The topological polar surface area (TPSA) is 47.0 Å². The van der Waals surface area contributed by atoms with Crippen LogP contribution in [0, 0.1) is 0 Å². The molecule has 3 rings (SSSR count). The van der Waals surface area contributed by atoms with Crippen LogP contribution in [0.2, 0.25) is 0 Å². The first-order valence-corrected chi connectivity index (χ1v) is 6.69. The summed E-state index contributed by atoms with van der Waals surface area (Å²) in [5.41, 5.74) is 2.13. The summed E-state index contributed by atoms with van der Waals surface area (Å²) < 4.78 is 5.89. The molecule has 1 N–H and O–H groups in total. The monoisotopic (exact) mass is 277 g/mol. The lowest BCUT2D eigenvalue weighted by molar-refractivity contribution is 0.462. The van der Waals surface area contributed by atoms with Gasteiger partial charge in [-0.2, -0.15) is 4.98 Å². The molecule has 1 heterocycles. The molecule has 0 spiro atoms. The molecule has 4 heteroatoms. The predicted octanol–water partition coefficient (Wildman–Crippen LogP) is 3.98. The molecule has 0 saturated carbocycles. The highest BCUT2D eigenvalue weighted by Crippen LogP contribution is 2.32. The molecular weight excluding hydrogens is 262 g/mol. The molecule has 0 atom stereocenters. The van der Waals surface area contributed by atoms with E-state index in [-0.39, 0.29) is 0 Å². The molecule has 0 unspecified atom stereocenters. The van der Waals surface area contributed by atoms with Crippen LogP contribution in [-0.2, 0) is 0 Å². The summed E-state index contributed by atoms with van der Waals surface area (Å²) >= 11 is 0. The third-order valence-electron chi connectivity index (χ3n) is 3.05. The smallest absolute Gasteiger partial charge is 0.239 e. The largest absolute Gasteiger partial charge is 0.437 e. The minimum Gasteiger partial charge on any atom is -0.437 e. The van der Waals surface area contributed by atoms with Crippen LogP contribution in [0.5, 0.6) is 11.6 Å². The van der Waals surface area contributed by atoms with Crippen LogP contribution in [0.15, 0.2) is 67.0 Å². The number of benzene rings is 2. The van der Waals surface area contributed by atoms with Crippen molar-refractivity contribution in [2.45, 2.75) is 0 Å². The van der Waals surface area contributed by atoms with Gasteiger partial charge in [-0.1, -0.05) is 48.5 Å². The highest BCUT2D eigenvalue weighted by atomic mass is 16.5. The summed E-state index contributed by atoms with van der Waals surface area (Å²) in [5, 5.41) is 2.95. The number of hydrogen-bond donors (Lipinski definition) is 1. The summed E-state index contributed by atoms with van der Waals surface area (Å²) in [6.45, 7) is 0. The normalized spacial score (nSPS) is 10.1. The van der Waals surface area contributed by atoms with Crippen molar-refractivity contribution in [3.05, 3.63) is 67.0 Å². The number of aromatic nitrogens is 2. The average molecular weight is 277 g/mol. The fraction of sp³-hybridized carbons (Fsp3) is 0.0588. The summed E-state index contributed by atoms with van der Waals surface area (Å²) in [6.07, 6.45) is 3.25. The van der Waals surface area contributed by atoms with Crippen molar-refractivity contribution in [2.24, 2.45) is 0 Å². The minimum atomic E-state index is 0.463. The Morgan fingerprint density at radius 2 is 1.67 bits per heavy atom. The minimum absolute atomic E-state index is 0.463. The molecule has 0 amide bonds. The van der Waals surface area contributed by atoms with Gasteiger partial charge in [-0.3, -0.25) is 4.98 Å². The molecule has 0 radical (unpaired) electrons. The Balaban J connectivity index is 1.96. The number of hydrogen-bond acceptors (Lipinski definition) is 4. The maximum atomic E-state index is 5.89. The van der Waals surface area contributed by atoms with E-state index in [1.165, 1.54) is 0 Å². The van der Waals surface area contributed by atoms with Gasteiger partial charge in [0.1, 0.15) is 11.6 Å². The van der Waals surface area contributed by atoms with Gasteiger partial charge in [0.2, 0.25) is 5.88 Å². The SMILES string of the molecule is CNc1cncc(Oc2ccccc2-c2ccccc2)n1. The molecule has 0 saturated heterocycles. The number of nitrogens with zero attached hydrogens (tertiary/aromatic N) is 2. The Bertz CT molecular complexity index is 729. The Morgan fingerprint density at radius 3 is 2.48 bits per heavy atom. The number of ether oxygens (including phenoxy) is 1. The first-order chi connectivity index (χ1) is 10.4. The molecule has 104 valence electrons. The van der Waals surface area contributed by atoms with Crippen molar-refractivity contribution in [1.29, 1.82) is 0 Å². The molecule has 21 heavy (non-hydrogen) atoms. The van der Waals surface area contributed by atoms with Gasteiger partial charge in [-0.25, -0.2) is 0 Å². The average Bonchev–Trinajstić information content (AvgIpc) is 2.56. The summed E-state index contributed by atoms with van der Waals surface area (Å²) in [5.74, 6) is 1.89. The molecule has 0 bridgehead atoms. The van der Waals surface area contributed by atoms with Crippen LogP contribution in [0.1, 0.15) is 0 Å². The zero-order valence-electron chi connectivity index (χ0n) is 11.7. The standard InChI is InChI=1S/C17H15N3O/c1-18-16-11-19-12-17(20-16)21-15-10-6-5-9-14(15)13-7-3-2-4-8-13/h2-12H,1H3,(H,18,20). The fourth-order valence-electron chi connectivity index (χ4n) is 2.04. The first-order valence-electron chi connectivity index (χ1n) is 6.69. The van der Waals surface area contributed by atoms with Gasteiger partial charge in [-0.05, 0) is 11.6 Å². The van der Waals surface area contributed by atoms with Crippen molar-refractivity contribution in [3.63, 3.8) is 0 Å². The van der Waals surface area contributed by atoms with Crippen LogP contribution >= 0.6 is 0 Å². The van der Waals surface area contributed by atoms with E-state index >= 15 is 0 Å². The molecule has 3 aromatic rings. The second kappa shape index (κ2) is 6.05. The van der Waals surface area contributed by atoms with Gasteiger partial charge in [-0.15, -0.1) is 0 Å². The third kappa shape index (κ3) is 3.00. The van der Waals surface area contributed by atoms with Crippen molar-refractivity contribution >= 4 is 5.82 Å². The molecule has 1 aromatic heterocycles. The van der Waals surface area contributed by atoms with Gasteiger partial charge in [0.25, 0.3) is 0 Å². The number of anilines is 1. The molecule has 0 aliphatic heterocycles. The van der Waals surface area contributed by atoms with E-state index in [0.29, 0.717) is 11.7 Å². The second-order valence-electron chi connectivity index (χ2n) is 4.46. The molecule has 0 fully saturated rings. The van der Waals surface area contributed by atoms with Crippen LogP contribution in [0.4, 0.5) is 5.82 Å². The van der Waals surface area contributed by atoms with E-state index < -0.39 is 0 Å². The summed E-state index contributed by atoms with van der Waals surface area (Å²) in [7, 11) is 1.80. The molecule has 0 aliphatic carbocycles. The van der Waals surface area contributed by atoms with E-state index in [2.05, 4.69) is 27.4 Å². The lowest BCUT2D eigenvalue weighted by Gasteiger charge is -2.11. The Kier molecular flexibility index (Phi) is 3.78. The first kappa shape index (κ1) is 13.1. The number of rotatable bonds is 4. The van der Waals surface area contributed by atoms with Gasteiger partial charge < -0.3 is 10.1 Å². The maximum Gasteiger partial charge on any atom is 0.239 e. The zero-order valence-corrected chi connectivity index (χ0v) is 11.7. The Labute approximate surface area is 123 Å². The summed E-state index contributed by atoms with van der Waals surface area (Å²) in [4.78, 5) is 8.43. The Hall–Kier alpha value is -2.88. The van der Waals surface area contributed by atoms with E-state index in [0.717, 1.165) is 16.9 Å². The van der Waals surface area contributed by atoms with Crippen molar-refractivity contribution in [1.82, 2.24) is 9.97 Å². The molecular formula is C17H15N3O. The van der Waals surface area contributed by atoms with Crippen molar-refractivity contribution < 1.29 is 4.74 Å². The van der Waals surface area contributed by atoms with Crippen LogP contribution in [0.3, 0.4) is 0 Å². The van der Waals surface area contributed by atoms with Crippen molar-refractivity contribution in [3.8, 4) is 22.8 Å². The second-order valence-corrected chi connectivity index (χ2v) is 4.46. The van der Waals surface area contributed by atoms with E-state index in [9.17, 15) is 0 Å². The molecule has 2 aromatic carbocycles. The third-order valence-corrected chi connectivity index (χ3v) is 3.05. The van der Waals surface area contributed by atoms with Crippen molar-refractivity contribution in [2.75, 3.05) is 12.4 Å². The fourth-order valence-corrected chi connectivity index (χ4v) is 2.04. The maximum absolute atomic E-state index is 5.89. The van der Waals surface area contributed by atoms with Gasteiger partial charge in [0.05, 0.1) is 12.4 Å². The number of para-hydroxylation sites is 1. The molecule has 4 nitrogen and oxygen atoms in total. The van der Waals surface area contributed by atoms with E-state index in [1.807, 2.05) is 42.5 Å². The lowest BCUT2D eigenvalue weighted by Crippen LogP contribution is -1.96. The van der Waals surface area contributed by atoms with Gasteiger partial charge in [0, 0.05) is 12.6 Å². The van der Waals surface area contributed by atoms with Gasteiger partial charge in [0.15, 0.2) is 0 Å². The number of nitrogens with one attached hydrogen (secondary N) is 1. The van der Waals surface area contributed by atoms with E-state index in [1.54, 1.807) is 19.4 Å². The zero-order chi connectivity index (χ0) is 14.5. The van der Waals surface area contributed by atoms with Gasteiger partial charge >= 0.3 is 0 Å². The van der Waals surface area contributed by atoms with Crippen LogP contribution in [0.25, 0.3) is 11.1 Å². The predicted molar refractivity (Wildman–Crippen MR) is 83.5 cm³/mol. The Morgan fingerprint density at radius 1 is 0.905 bits per heavy atom. The summed E-state index contributed by atoms with van der Waals surface area (Å²) in [6, 6.07) is 18.0.